The fourth-order valence-corrected chi connectivity index (χ4v) is 5.06. The lowest BCUT2D eigenvalue weighted by Gasteiger charge is -2.35. The fourth-order valence-electron chi connectivity index (χ4n) is 5.06. The van der Waals surface area contributed by atoms with Crippen LogP contribution in [0.2, 0.25) is 0 Å². The number of benzene rings is 2. The van der Waals surface area contributed by atoms with E-state index in [0.717, 1.165) is 0 Å². The summed E-state index contributed by atoms with van der Waals surface area (Å²) >= 11 is 0. The van der Waals surface area contributed by atoms with Crippen molar-refractivity contribution < 1.29 is 38.0 Å². The highest BCUT2D eigenvalue weighted by atomic mass is 19.1. The first kappa shape index (κ1) is 33.1. The van der Waals surface area contributed by atoms with Crippen molar-refractivity contribution in [2.75, 3.05) is 47.1 Å². The molecule has 0 bridgehead atoms. The van der Waals surface area contributed by atoms with Crippen LogP contribution in [0.15, 0.2) is 42.5 Å². The van der Waals surface area contributed by atoms with E-state index in [4.69, 9.17) is 18.9 Å². The minimum atomic E-state index is -1.50. The van der Waals surface area contributed by atoms with Crippen LogP contribution in [0.4, 0.5) is 9.18 Å². The lowest BCUT2D eigenvalue weighted by molar-refractivity contribution is -0.00663. The summed E-state index contributed by atoms with van der Waals surface area (Å²) in [5.74, 6) is -0.329. The van der Waals surface area contributed by atoms with E-state index < -0.39 is 29.0 Å². The van der Waals surface area contributed by atoms with E-state index in [1.165, 1.54) is 18.1 Å². The lowest BCUT2D eigenvalue weighted by atomic mass is 9.84. The van der Waals surface area contributed by atoms with E-state index in [9.17, 15) is 19.1 Å². The number of likely N-dealkylation sites (tertiary alicyclic amines) is 1. The minimum absolute atomic E-state index is 0.0221. The molecule has 10 heteroatoms. The Labute approximate surface area is 248 Å². The summed E-state index contributed by atoms with van der Waals surface area (Å²) in [5, 5.41) is 12.0. The molecule has 232 valence electrons. The second-order valence-electron chi connectivity index (χ2n) is 12.0. The number of carbonyl (C=O) groups is 2. The second-order valence-corrected chi connectivity index (χ2v) is 12.0. The van der Waals surface area contributed by atoms with Crippen LogP contribution in [-0.4, -0.2) is 91.2 Å². The van der Waals surface area contributed by atoms with E-state index in [2.05, 4.69) is 0 Å². The van der Waals surface area contributed by atoms with E-state index in [1.54, 1.807) is 69.2 Å². The number of aliphatic hydroxyl groups is 1. The summed E-state index contributed by atoms with van der Waals surface area (Å²) in [6, 6.07) is 11.0. The molecular formula is C32H45FN2O7. The number of carbonyl (C=O) groups excluding carboxylic acids is 2. The average molecular weight is 589 g/mol. The van der Waals surface area contributed by atoms with Crippen LogP contribution in [0.5, 0.6) is 11.5 Å². The Balaban J connectivity index is 1.89. The molecule has 2 atom stereocenters. The van der Waals surface area contributed by atoms with Gasteiger partial charge in [0.25, 0.3) is 5.91 Å². The van der Waals surface area contributed by atoms with Crippen LogP contribution >= 0.6 is 0 Å². The molecule has 3 rings (SSSR count). The molecule has 1 N–H and O–H groups in total. The van der Waals surface area contributed by atoms with Gasteiger partial charge in [0, 0.05) is 57.2 Å². The molecule has 1 aliphatic rings. The van der Waals surface area contributed by atoms with Crippen LogP contribution in [-0.2, 0) is 15.9 Å². The standard InChI is InChI=1S/C32H45FN2O7/c1-22(2)35(29(36)23-13-14-27(40-7)28(17-23)41-16-10-15-39-6)20-25-19-34(30(37)42-31(3,4)5)21-32(25,38)18-24-11-8-9-12-26(24)33/h8-9,11-14,17,22,25,38H,10,15-16,18-21H2,1-7H3. The van der Waals surface area contributed by atoms with Crippen molar-refractivity contribution in [1.82, 2.24) is 9.80 Å². The summed E-state index contributed by atoms with van der Waals surface area (Å²) in [6.45, 7) is 10.3. The highest BCUT2D eigenvalue weighted by Crippen LogP contribution is 2.35. The van der Waals surface area contributed by atoms with Gasteiger partial charge in [0.05, 0.1) is 25.9 Å². The van der Waals surface area contributed by atoms with Crippen LogP contribution in [0.1, 0.15) is 57.0 Å². The Hall–Kier alpha value is -3.37. The molecule has 1 saturated heterocycles. The molecule has 1 heterocycles. The maximum absolute atomic E-state index is 14.7. The molecule has 0 aliphatic carbocycles. The monoisotopic (exact) mass is 588 g/mol. The maximum Gasteiger partial charge on any atom is 0.410 e. The zero-order chi connectivity index (χ0) is 31.1. The van der Waals surface area contributed by atoms with E-state index in [1.807, 2.05) is 13.8 Å². The molecule has 2 aromatic carbocycles. The molecule has 2 unspecified atom stereocenters. The zero-order valence-electron chi connectivity index (χ0n) is 25.8. The Morgan fingerprint density at radius 2 is 1.83 bits per heavy atom. The van der Waals surface area contributed by atoms with Crippen molar-refractivity contribution in [3.8, 4) is 11.5 Å². The third kappa shape index (κ3) is 8.58. The second kappa shape index (κ2) is 14.2. The summed E-state index contributed by atoms with van der Waals surface area (Å²) in [7, 11) is 3.15. The largest absolute Gasteiger partial charge is 0.493 e. The third-order valence-corrected chi connectivity index (χ3v) is 7.23. The van der Waals surface area contributed by atoms with Crippen LogP contribution in [0, 0.1) is 11.7 Å². The normalized spacial score (nSPS) is 18.7. The Morgan fingerprint density at radius 3 is 2.45 bits per heavy atom. The summed E-state index contributed by atoms with van der Waals surface area (Å²) in [5.41, 5.74) is -1.49. The molecule has 9 nitrogen and oxygen atoms in total. The molecule has 0 saturated carbocycles. The van der Waals surface area contributed by atoms with Crippen molar-refractivity contribution in [2.45, 2.75) is 64.7 Å². The van der Waals surface area contributed by atoms with Gasteiger partial charge in [-0.2, -0.15) is 0 Å². The smallest absolute Gasteiger partial charge is 0.410 e. The van der Waals surface area contributed by atoms with Crippen LogP contribution < -0.4 is 9.47 Å². The first-order valence-corrected chi connectivity index (χ1v) is 14.3. The van der Waals surface area contributed by atoms with Gasteiger partial charge in [-0.15, -0.1) is 0 Å². The van der Waals surface area contributed by atoms with Crippen molar-refractivity contribution in [2.24, 2.45) is 5.92 Å². The number of nitrogens with zero attached hydrogens (tertiary/aromatic N) is 2. The number of hydrogen-bond acceptors (Lipinski definition) is 7. The lowest BCUT2D eigenvalue weighted by Crippen LogP contribution is -2.49. The van der Waals surface area contributed by atoms with Crippen molar-refractivity contribution in [3.05, 3.63) is 59.4 Å². The number of rotatable bonds is 12. The van der Waals surface area contributed by atoms with Gasteiger partial charge < -0.3 is 33.9 Å². The molecule has 2 amide bonds. The molecule has 1 fully saturated rings. The number of halogens is 1. The quantitative estimate of drug-likeness (QED) is 0.351. The number of hydrogen-bond donors (Lipinski definition) is 1. The Kier molecular flexibility index (Phi) is 11.2. The number of ether oxygens (including phenoxy) is 4. The number of methoxy groups -OCH3 is 2. The van der Waals surface area contributed by atoms with E-state index in [-0.39, 0.29) is 38.0 Å². The molecular weight excluding hydrogens is 543 g/mol. The van der Waals surface area contributed by atoms with Crippen molar-refractivity contribution in [1.29, 1.82) is 0 Å². The fraction of sp³-hybridized carbons (Fsp3) is 0.562. The van der Waals surface area contributed by atoms with Gasteiger partial charge in [-0.05, 0) is 64.4 Å². The van der Waals surface area contributed by atoms with Crippen LogP contribution in [0.3, 0.4) is 0 Å². The van der Waals surface area contributed by atoms with Gasteiger partial charge >= 0.3 is 6.09 Å². The predicted octanol–water partition coefficient (Wildman–Crippen LogP) is 4.94. The number of amides is 2. The molecule has 0 radical (unpaired) electrons. The van der Waals surface area contributed by atoms with Gasteiger partial charge in [-0.1, -0.05) is 18.2 Å². The molecule has 0 aromatic heterocycles. The summed E-state index contributed by atoms with van der Waals surface area (Å²) in [4.78, 5) is 30.0. The van der Waals surface area contributed by atoms with Crippen molar-refractivity contribution in [3.63, 3.8) is 0 Å². The molecule has 42 heavy (non-hydrogen) atoms. The van der Waals surface area contributed by atoms with Gasteiger partial charge in [0.1, 0.15) is 11.4 Å². The van der Waals surface area contributed by atoms with Crippen LogP contribution in [0.25, 0.3) is 0 Å². The Bertz CT molecular complexity index is 1220. The zero-order valence-corrected chi connectivity index (χ0v) is 25.8. The molecule has 1 aliphatic heterocycles. The summed E-state index contributed by atoms with van der Waals surface area (Å²) < 4.78 is 36.6. The SMILES string of the molecule is COCCCOc1cc(C(=O)N(CC2CN(C(=O)OC(C)(C)C)CC2(O)Cc2ccccc2F)C(C)C)ccc1OC. The number of β-amino-alcohol motifs (C(OH)–C–C–N with tert-alkyl or cyclic N) is 1. The van der Waals surface area contributed by atoms with Gasteiger partial charge in [0.15, 0.2) is 11.5 Å². The minimum Gasteiger partial charge on any atom is -0.493 e. The average Bonchev–Trinajstić information content (AvgIpc) is 3.25. The summed E-state index contributed by atoms with van der Waals surface area (Å²) in [6.07, 6.45) is 0.0859. The first-order chi connectivity index (χ1) is 19.8. The van der Waals surface area contributed by atoms with Crippen molar-refractivity contribution >= 4 is 12.0 Å². The third-order valence-electron chi connectivity index (χ3n) is 7.23. The maximum atomic E-state index is 14.7. The highest BCUT2D eigenvalue weighted by Gasteiger charge is 2.49. The molecule has 2 aromatic rings. The van der Waals surface area contributed by atoms with Gasteiger partial charge in [-0.3, -0.25) is 4.79 Å². The van der Waals surface area contributed by atoms with E-state index in [0.29, 0.717) is 42.3 Å². The highest BCUT2D eigenvalue weighted by molar-refractivity contribution is 5.95. The molecule has 0 spiro atoms. The first-order valence-electron chi connectivity index (χ1n) is 14.3. The predicted molar refractivity (Wildman–Crippen MR) is 158 cm³/mol. The topological polar surface area (TPSA) is 97.8 Å². The van der Waals surface area contributed by atoms with Gasteiger partial charge in [-0.25, -0.2) is 9.18 Å². The Morgan fingerprint density at radius 1 is 1.12 bits per heavy atom. The van der Waals surface area contributed by atoms with Gasteiger partial charge in [0.2, 0.25) is 0 Å². The van der Waals surface area contributed by atoms with E-state index >= 15 is 0 Å².